The average molecular weight is 306 g/mol. The van der Waals surface area contributed by atoms with Crippen molar-refractivity contribution in [3.05, 3.63) is 20.8 Å². The first-order valence-electron chi connectivity index (χ1n) is 5.26. The van der Waals surface area contributed by atoms with Crippen LogP contribution in [-0.2, 0) is 16.0 Å². The second kappa shape index (κ2) is 7.04. The van der Waals surface area contributed by atoms with Gasteiger partial charge < -0.3 is 10.5 Å². The van der Waals surface area contributed by atoms with E-state index in [2.05, 4.69) is 22.0 Å². The van der Waals surface area contributed by atoms with Crippen molar-refractivity contribution in [3.8, 4) is 0 Å². The topological polar surface area (TPSA) is 52.3 Å². The Bertz CT molecular complexity index is 340. The van der Waals surface area contributed by atoms with Gasteiger partial charge in [0.15, 0.2) is 0 Å². The number of ether oxygens (including phenoxy) is 1. The number of nitrogens with two attached hydrogens (primary N) is 1. The molecular weight excluding hydrogens is 290 g/mol. The van der Waals surface area contributed by atoms with Gasteiger partial charge in [0.25, 0.3) is 0 Å². The molecule has 2 N–H and O–H groups in total. The third-order valence-corrected chi connectivity index (χ3v) is 3.83. The predicted octanol–water partition coefficient (Wildman–Crippen LogP) is 2.72. The molecule has 0 spiro atoms. The number of esters is 1. The lowest BCUT2D eigenvalue weighted by Gasteiger charge is -2.09. The van der Waals surface area contributed by atoms with Crippen LogP contribution < -0.4 is 5.73 Å². The number of carbonyl (C=O) groups is 1. The Labute approximate surface area is 108 Å². The third kappa shape index (κ3) is 5.09. The van der Waals surface area contributed by atoms with Crippen molar-refractivity contribution >= 4 is 33.2 Å². The molecule has 1 aromatic rings. The zero-order valence-electron chi connectivity index (χ0n) is 9.24. The Morgan fingerprint density at radius 3 is 3.00 bits per heavy atom. The van der Waals surface area contributed by atoms with Gasteiger partial charge in [-0.1, -0.05) is 0 Å². The smallest absolute Gasteiger partial charge is 0.305 e. The molecule has 0 saturated heterocycles. The molecule has 0 bridgehead atoms. The summed E-state index contributed by atoms with van der Waals surface area (Å²) in [5, 5.41) is 2.04. The lowest BCUT2D eigenvalue weighted by molar-refractivity contribution is -0.143. The van der Waals surface area contributed by atoms with E-state index < -0.39 is 0 Å². The summed E-state index contributed by atoms with van der Waals surface area (Å²) in [5.74, 6) is -0.162. The molecule has 0 radical (unpaired) electrons. The maximum atomic E-state index is 11.1. The summed E-state index contributed by atoms with van der Waals surface area (Å²) in [6.45, 7) is 2.24. The third-order valence-electron chi connectivity index (χ3n) is 2.11. The normalized spacial score (nSPS) is 12.4. The molecule has 1 unspecified atom stereocenters. The highest BCUT2D eigenvalue weighted by molar-refractivity contribution is 9.10. The van der Waals surface area contributed by atoms with Gasteiger partial charge in [-0.3, -0.25) is 4.79 Å². The van der Waals surface area contributed by atoms with Crippen molar-refractivity contribution in [2.45, 2.75) is 32.2 Å². The fourth-order valence-electron chi connectivity index (χ4n) is 1.36. The number of carbonyl (C=O) groups excluding carboxylic acids is 1. The average Bonchev–Trinajstić information content (AvgIpc) is 2.61. The minimum atomic E-state index is -0.162. The Morgan fingerprint density at radius 2 is 2.44 bits per heavy atom. The predicted molar refractivity (Wildman–Crippen MR) is 69.6 cm³/mol. The van der Waals surface area contributed by atoms with Crippen LogP contribution in [0.2, 0.25) is 0 Å². The van der Waals surface area contributed by atoms with Crippen molar-refractivity contribution in [2.75, 3.05) is 6.61 Å². The molecule has 0 saturated carbocycles. The number of hydrogen-bond acceptors (Lipinski definition) is 4. The van der Waals surface area contributed by atoms with E-state index in [1.165, 1.54) is 4.88 Å². The molecule has 0 aliphatic carbocycles. The molecular formula is C11H16BrNO2S. The van der Waals surface area contributed by atoms with E-state index in [-0.39, 0.29) is 12.0 Å². The fraction of sp³-hybridized carbons (Fsp3) is 0.545. The molecule has 1 rings (SSSR count). The molecule has 1 atom stereocenters. The van der Waals surface area contributed by atoms with Gasteiger partial charge in [0.1, 0.15) is 0 Å². The van der Waals surface area contributed by atoms with E-state index in [0.29, 0.717) is 19.4 Å². The van der Waals surface area contributed by atoms with Crippen LogP contribution >= 0.6 is 27.3 Å². The van der Waals surface area contributed by atoms with Crippen LogP contribution in [0.3, 0.4) is 0 Å². The summed E-state index contributed by atoms with van der Waals surface area (Å²) in [4.78, 5) is 12.4. The molecule has 0 aliphatic heterocycles. The van der Waals surface area contributed by atoms with Gasteiger partial charge in [-0.05, 0) is 41.8 Å². The second-order valence-corrected chi connectivity index (χ2v) is 5.45. The number of hydrogen-bond donors (Lipinski definition) is 1. The van der Waals surface area contributed by atoms with E-state index in [1.807, 2.05) is 5.38 Å². The Kier molecular flexibility index (Phi) is 6.01. The lowest BCUT2D eigenvalue weighted by atomic mass is 10.1. The zero-order chi connectivity index (χ0) is 12.0. The second-order valence-electron chi connectivity index (χ2n) is 3.54. The lowest BCUT2D eigenvalue weighted by Crippen LogP contribution is -2.23. The molecule has 1 aromatic heterocycles. The SMILES string of the molecule is CCOC(=O)CCC(N)Cc1cc(Br)cs1. The Hall–Kier alpha value is -0.390. The Balaban J connectivity index is 2.25. The van der Waals surface area contributed by atoms with Crippen molar-refractivity contribution in [3.63, 3.8) is 0 Å². The molecule has 0 aromatic carbocycles. The standard InChI is InChI=1S/C11H16BrNO2S/c1-2-15-11(14)4-3-9(13)6-10-5-8(12)7-16-10/h5,7,9H,2-4,6,13H2,1H3. The van der Waals surface area contributed by atoms with Crippen molar-refractivity contribution in [1.29, 1.82) is 0 Å². The van der Waals surface area contributed by atoms with Crippen LogP contribution in [-0.4, -0.2) is 18.6 Å². The quantitative estimate of drug-likeness (QED) is 0.822. The van der Waals surface area contributed by atoms with Crippen LogP contribution in [0.25, 0.3) is 0 Å². The monoisotopic (exact) mass is 305 g/mol. The van der Waals surface area contributed by atoms with Gasteiger partial charge in [0.05, 0.1) is 6.61 Å². The van der Waals surface area contributed by atoms with E-state index in [9.17, 15) is 4.79 Å². The molecule has 5 heteroatoms. The largest absolute Gasteiger partial charge is 0.466 e. The summed E-state index contributed by atoms with van der Waals surface area (Å²) in [6, 6.07) is 2.09. The summed E-state index contributed by atoms with van der Waals surface area (Å²) >= 11 is 5.08. The highest BCUT2D eigenvalue weighted by atomic mass is 79.9. The minimum absolute atomic E-state index is 0.0231. The van der Waals surface area contributed by atoms with E-state index in [0.717, 1.165) is 10.9 Å². The van der Waals surface area contributed by atoms with E-state index >= 15 is 0 Å². The van der Waals surface area contributed by atoms with Crippen molar-refractivity contribution < 1.29 is 9.53 Å². The van der Waals surface area contributed by atoms with Gasteiger partial charge in [-0.2, -0.15) is 0 Å². The number of rotatable bonds is 6. The minimum Gasteiger partial charge on any atom is -0.466 e. The molecule has 16 heavy (non-hydrogen) atoms. The van der Waals surface area contributed by atoms with Gasteiger partial charge in [0, 0.05) is 27.2 Å². The van der Waals surface area contributed by atoms with Crippen molar-refractivity contribution in [2.24, 2.45) is 5.73 Å². The van der Waals surface area contributed by atoms with Gasteiger partial charge in [-0.15, -0.1) is 11.3 Å². The highest BCUT2D eigenvalue weighted by Gasteiger charge is 2.09. The van der Waals surface area contributed by atoms with Gasteiger partial charge >= 0.3 is 5.97 Å². The maximum Gasteiger partial charge on any atom is 0.305 e. The molecule has 1 heterocycles. The summed E-state index contributed by atoms with van der Waals surface area (Å²) < 4.78 is 5.94. The highest BCUT2D eigenvalue weighted by Crippen LogP contribution is 2.21. The molecule has 0 fully saturated rings. The fourth-order valence-corrected chi connectivity index (χ4v) is 2.90. The van der Waals surface area contributed by atoms with E-state index in [1.54, 1.807) is 18.3 Å². The number of thiophene rings is 1. The van der Waals surface area contributed by atoms with Crippen LogP contribution in [0.15, 0.2) is 15.9 Å². The Morgan fingerprint density at radius 1 is 1.69 bits per heavy atom. The molecule has 0 aliphatic rings. The summed E-state index contributed by atoms with van der Waals surface area (Å²) in [5.41, 5.74) is 5.94. The van der Waals surface area contributed by atoms with E-state index in [4.69, 9.17) is 10.5 Å². The van der Waals surface area contributed by atoms with Crippen LogP contribution in [0.5, 0.6) is 0 Å². The summed E-state index contributed by atoms with van der Waals surface area (Å²) in [6.07, 6.45) is 1.89. The maximum absolute atomic E-state index is 11.1. The summed E-state index contributed by atoms with van der Waals surface area (Å²) in [7, 11) is 0. The molecule has 3 nitrogen and oxygen atoms in total. The molecule has 0 amide bonds. The van der Waals surface area contributed by atoms with Gasteiger partial charge in [0.2, 0.25) is 0 Å². The number of halogens is 1. The van der Waals surface area contributed by atoms with Crippen molar-refractivity contribution in [1.82, 2.24) is 0 Å². The first kappa shape index (κ1) is 13.7. The van der Waals surface area contributed by atoms with Crippen LogP contribution in [0.4, 0.5) is 0 Å². The molecule has 90 valence electrons. The van der Waals surface area contributed by atoms with Crippen LogP contribution in [0.1, 0.15) is 24.6 Å². The zero-order valence-corrected chi connectivity index (χ0v) is 11.6. The van der Waals surface area contributed by atoms with Gasteiger partial charge in [-0.25, -0.2) is 0 Å². The first-order valence-corrected chi connectivity index (χ1v) is 6.93. The first-order chi connectivity index (χ1) is 7.61. The van der Waals surface area contributed by atoms with Crippen LogP contribution in [0, 0.1) is 0 Å².